The molecule has 0 unspecified atom stereocenters. The highest BCUT2D eigenvalue weighted by molar-refractivity contribution is 6.35. The van der Waals surface area contributed by atoms with Crippen molar-refractivity contribution in [2.75, 3.05) is 0 Å². The van der Waals surface area contributed by atoms with Crippen LogP contribution in [0.2, 0.25) is 5.15 Å². The van der Waals surface area contributed by atoms with E-state index in [0.717, 1.165) is 6.07 Å². The van der Waals surface area contributed by atoms with Crippen molar-refractivity contribution in [2.24, 2.45) is 0 Å². The fourth-order valence-electron chi connectivity index (χ4n) is 2.59. The summed E-state index contributed by atoms with van der Waals surface area (Å²) in [5, 5.41) is 10.3. The monoisotopic (exact) mass is 355 g/mol. The first-order chi connectivity index (χ1) is 11.2. The zero-order valence-corrected chi connectivity index (χ0v) is 13.5. The zero-order valence-electron chi connectivity index (χ0n) is 12.8. The minimum Gasteiger partial charge on any atom is -0.508 e. The van der Waals surface area contributed by atoms with Gasteiger partial charge in [0, 0.05) is 17.8 Å². The number of aromatic nitrogens is 3. The summed E-state index contributed by atoms with van der Waals surface area (Å²) in [5.74, 6) is -0.474. The first-order valence-corrected chi connectivity index (χ1v) is 7.49. The maximum atomic E-state index is 13.0. The normalized spacial score (nSPS) is 12.3. The number of nitrogens with zero attached hydrogens (tertiary/aromatic N) is 3. The summed E-state index contributed by atoms with van der Waals surface area (Å²) >= 11 is 6.15. The molecule has 8 heteroatoms. The summed E-state index contributed by atoms with van der Waals surface area (Å²) in [5.41, 5.74) is 0.224. The van der Waals surface area contributed by atoms with Gasteiger partial charge in [0.05, 0.1) is 10.9 Å². The first kappa shape index (κ1) is 16.6. The number of hydrogen-bond donors (Lipinski definition) is 1. The highest BCUT2D eigenvalue weighted by atomic mass is 35.5. The van der Waals surface area contributed by atoms with Gasteiger partial charge in [0.15, 0.2) is 0 Å². The summed E-state index contributed by atoms with van der Waals surface area (Å²) in [7, 11) is 0. The van der Waals surface area contributed by atoms with Crippen LogP contribution >= 0.6 is 11.6 Å². The lowest BCUT2D eigenvalue weighted by Gasteiger charge is -2.10. The van der Waals surface area contributed by atoms with Gasteiger partial charge in [-0.15, -0.1) is 0 Å². The van der Waals surface area contributed by atoms with Crippen LogP contribution in [0.4, 0.5) is 13.2 Å². The highest BCUT2D eigenvalue weighted by Gasteiger charge is 2.32. The van der Waals surface area contributed by atoms with Crippen LogP contribution < -0.4 is 0 Å². The summed E-state index contributed by atoms with van der Waals surface area (Å²) < 4.78 is 40.9. The molecule has 3 aromatic rings. The van der Waals surface area contributed by atoms with Crippen molar-refractivity contribution in [2.45, 2.75) is 26.1 Å². The molecule has 0 fully saturated rings. The number of hydrogen-bond acceptors (Lipinski definition) is 3. The maximum Gasteiger partial charge on any atom is 0.416 e. The predicted octanol–water partition coefficient (Wildman–Crippen LogP) is 5.06. The van der Waals surface area contributed by atoms with Crippen molar-refractivity contribution >= 4 is 22.6 Å². The summed E-state index contributed by atoms with van der Waals surface area (Å²) in [6.07, 6.45) is -1.59. The van der Waals surface area contributed by atoms with E-state index < -0.39 is 17.5 Å². The standard InChI is InChI=1S/C16H13ClF3N3O/c1-8(2)23-6-12(13-14(17)21-7-22-15(13)23)9-3-10(16(18,19)20)5-11(24)4-9/h3-8,24H,1-2H3. The van der Waals surface area contributed by atoms with Gasteiger partial charge in [-0.05, 0) is 37.6 Å². The molecular formula is C16H13ClF3N3O. The Bertz CT molecular complexity index is 919. The topological polar surface area (TPSA) is 50.9 Å². The van der Waals surface area contributed by atoms with Crippen molar-refractivity contribution in [3.63, 3.8) is 0 Å². The van der Waals surface area contributed by atoms with Crippen LogP contribution in [-0.2, 0) is 6.18 Å². The molecule has 4 nitrogen and oxygen atoms in total. The fourth-order valence-corrected chi connectivity index (χ4v) is 2.82. The molecule has 126 valence electrons. The Morgan fingerprint density at radius 1 is 1.17 bits per heavy atom. The van der Waals surface area contributed by atoms with E-state index in [1.54, 1.807) is 10.8 Å². The second kappa shape index (κ2) is 5.66. The van der Waals surface area contributed by atoms with Gasteiger partial charge in [-0.25, -0.2) is 9.97 Å². The lowest BCUT2D eigenvalue weighted by Crippen LogP contribution is -2.04. The van der Waals surface area contributed by atoms with Crippen LogP contribution in [0.3, 0.4) is 0 Å². The Hall–Kier alpha value is -2.28. The maximum absolute atomic E-state index is 13.0. The Morgan fingerprint density at radius 3 is 2.50 bits per heavy atom. The van der Waals surface area contributed by atoms with Crippen LogP contribution in [0.1, 0.15) is 25.5 Å². The number of benzene rings is 1. The predicted molar refractivity (Wildman–Crippen MR) is 85.0 cm³/mol. The van der Waals surface area contributed by atoms with E-state index in [0.29, 0.717) is 22.7 Å². The zero-order chi connectivity index (χ0) is 17.6. The molecule has 2 aromatic heterocycles. The molecule has 1 N–H and O–H groups in total. The minimum atomic E-state index is -4.57. The molecule has 0 aliphatic rings. The van der Waals surface area contributed by atoms with Crippen LogP contribution in [0.15, 0.2) is 30.7 Å². The molecule has 0 amide bonds. The molecule has 1 aromatic carbocycles. The van der Waals surface area contributed by atoms with E-state index in [2.05, 4.69) is 9.97 Å². The third-order valence-electron chi connectivity index (χ3n) is 3.68. The molecule has 0 aliphatic heterocycles. The fraction of sp³-hybridized carbons (Fsp3) is 0.250. The number of rotatable bonds is 2. The highest BCUT2D eigenvalue weighted by Crippen LogP contribution is 2.39. The van der Waals surface area contributed by atoms with Gasteiger partial charge in [0.25, 0.3) is 0 Å². The van der Waals surface area contributed by atoms with Crippen LogP contribution in [0.25, 0.3) is 22.2 Å². The molecular weight excluding hydrogens is 343 g/mol. The van der Waals surface area contributed by atoms with Crippen molar-refractivity contribution in [3.8, 4) is 16.9 Å². The van der Waals surface area contributed by atoms with Gasteiger partial charge in [-0.1, -0.05) is 11.6 Å². The largest absolute Gasteiger partial charge is 0.508 e. The van der Waals surface area contributed by atoms with Crippen molar-refractivity contribution in [1.82, 2.24) is 14.5 Å². The number of phenols is 1. The van der Waals surface area contributed by atoms with Gasteiger partial charge in [0.1, 0.15) is 22.9 Å². The first-order valence-electron chi connectivity index (χ1n) is 7.11. The number of phenolic OH excluding ortho intramolecular Hbond substituents is 1. The number of aromatic hydroxyl groups is 1. The number of fused-ring (bicyclic) bond motifs is 1. The van der Waals surface area contributed by atoms with Gasteiger partial charge in [-0.3, -0.25) is 0 Å². The Balaban J connectivity index is 2.33. The van der Waals surface area contributed by atoms with Crippen LogP contribution in [0.5, 0.6) is 5.75 Å². The van der Waals surface area contributed by atoms with Crippen molar-refractivity contribution in [1.29, 1.82) is 0 Å². The third kappa shape index (κ3) is 2.80. The van der Waals surface area contributed by atoms with E-state index in [9.17, 15) is 18.3 Å². The minimum absolute atomic E-state index is 0.0200. The lowest BCUT2D eigenvalue weighted by molar-refractivity contribution is -0.137. The lowest BCUT2D eigenvalue weighted by atomic mass is 10.0. The Kier molecular flexibility index (Phi) is 3.91. The van der Waals surface area contributed by atoms with Gasteiger partial charge in [-0.2, -0.15) is 13.2 Å². The van der Waals surface area contributed by atoms with Gasteiger partial charge >= 0.3 is 6.18 Å². The molecule has 2 heterocycles. The van der Waals surface area contributed by atoms with E-state index in [4.69, 9.17) is 11.6 Å². The summed E-state index contributed by atoms with van der Waals surface area (Å²) in [4.78, 5) is 8.10. The van der Waals surface area contributed by atoms with Crippen LogP contribution in [0, 0.1) is 0 Å². The molecule has 0 bridgehead atoms. The van der Waals surface area contributed by atoms with E-state index >= 15 is 0 Å². The van der Waals surface area contributed by atoms with E-state index in [1.165, 1.54) is 12.4 Å². The Morgan fingerprint density at radius 2 is 1.88 bits per heavy atom. The molecule has 0 atom stereocenters. The average molecular weight is 356 g/mol. The Labute approximate surface area is 140 Å². The summed E-state index contributed by atoms with van der Waals surface area (Å²) in [6.45, 7) is 3.84. The number of alkyl halides is 3. The van der Waals surface area contributed by atoms with E-state index in [1.807, 2.05) is 13.8 Å². The van der Waals surface area contributed by atoms with Crippen molar-refractivity contribution < 1.29 is 18.3 Å². The van der Waals surface area contributed by atoms with Crippen LogP contribution in [-0.4, -0.2) is 19.6 Å². The SMILES string of the molecule is CC(C)n1cc(-c2cc(O)cc(C(F)(F)F)c2)c2c(Cl)ncnc21. The van der Waals surface area contributed by atoms with Gasteiger partial charge in [0.2, 0.25) is 0 Å². The number of halogens is 4. The average Bonchev–Trinajstić information content (AvgIpc) is 2.87. The van der Waals surface area contributed by atoms with Gasteiger partial charge < -0.3 is 9.67 Å². The van der Waals surface area contributed by atoms with Crippen molar-refractivity contribution in [3.05, 3.63) is 41.4 Å². The molecule has 0 saturated heterocycles. The quantitative estimate of drug-likeness (QED) is 0.654. The molecule has 0 spiro atoms. The molecule has 0 aliphatic carbocycles. The third-order valence-corrected chi connectivity index (χ3v) is 3.96. The second-order valence-corrected chi connectivity index (χ2v) is 6.03. The summed E-state index contributed by atoms with van der Waals surface area (Å²) in [6, 6.07) is 2.94. The second-order valence-electron chi connectivity index (χ2n) is 5.67. The molecule has 0 saturated carbocycles. The molecule has 24 heavy (non-hydrogen) atoms. The molecule has 0 radical (unpaired) electrons. The molecule has 3 rings (SSSR count). The smallest absolute Gasteiger partial charge is 0.416 e. The van der Waals surface area contributed by atoms with E-state index in [-0.39, 0.29) is 16.8 Å².